The Morgan fingerprint density at radius 3 is 2.23 bits per heavy atom. The molecule has 0 bridgehead atoms. The second-order valence-corrected chi connectivity index (χ2v) is 6.01. The molecule has 132 valence electrons. The molecule has 2 aromatic carbocycles. The number of likely N-dealkylation sites (N-methyl/N-ethyl adjacent to an activating group) is 1. The molecule has 0 aromatic heterocycles. The van der Waals surface area contributed by atoms with E-state index in [1.807, 2.05) is 25.1 Å². The molecule has 2 rings (SSSR count). The summed E-state index contributed by atoms with van der Waals surface area (Å²) in [6.07, 6.45) is 0.345. The highest BCUT2D eigenvalue weighted by Crippen LogP contribution is 2.21. The van der Waals surface area contributed by atoms with E-state index in [0.29, 0.717) is 11.1 Å². The largest absolute Gasteiger partial charge is 0.443 e. The standard InChI is InChI=1S/C21H20N2O3/c1-15-9-11-16(12-10-15)13-18(14-22)21(25)26-19(20(24)23(2)3)17-7-5-4-6-8-17/h4-13,19H,1-3H3/b18-13+/t19-/m1/s1. The van der Waals surface area contributed by atoms with Gasteiger partial charge in [0.25, 0.3) is 5.91 Å². The molecule has 1 atom stereocenters. The Morgan fingerprint density at radius 1 is 1.08 bits per heavy atom. The highest BCUT2D eigenvalue weighted by Gasteiger charge is 2.27. The molecule has 0 saturated heterocycles. The molecule has 5 heteroatoms. The Kier molecular flexibility index (Phi) is 6.29. The number of carbonyl (C=O) groups is 2. The maximum absolute atomic E-state index is 12.5. The third kappa shape index (κ3) is 4.81. The van der Waals surface area contributed by atoms with Crippen molar-refractivity contribution in [3.63, 3.8) is 0 Å². The summed E-state index contributed by atoms with van der Waals surface area (Å²) >= 11 is 0. The van der Waals surface area contributed by atoms with Crippen molar-refractivity contribution in [2.75, 3.05) is 14.1 Å². The summed E-state index contributed by atoms with van der Waals surface area (Å²) < 4.78 is 5.39. The molecule has 0 saturated carbocycles. The predicted molar refractivity (Wildman–Crippen MR) is 98.7 cm³/mol. The normalized spacial score (nSPS) is 12.0. The van der Waals surface area contributed by atoms with Crippen molar-refractivity contribution in [2.45, 2.75) is 13.0 Å². The molecule has 0 aliphatic heterocycles. The van der Waals surface area contributed by atoms with E-state index < -0.39 is 12.1 Å². The van der Waals surface area contributed by atoms with Gasteiger partial charge < -0.3 is 9.64 Å². The van der Waals surface area contributed by atoms with E-state index >= 15 is 0 Å². The highest BCUT2D eigenvalue weighted by molar-refractivity contribution is 5.99. The van der Waals surface area contributed by atoms with Crippen LogP contribution in [0.1, 0.15) is 22.8 Å². The Bertz CT molecular complexity index is 847. The quantitative estimate of drug-likeness (QED) is 0.472. The molecule has 0 aliphatic carbocycles. The fraction of sp³-hybridized carbons (Fsp3) is 0.190. The van der Waals surface area contributed by atoms with Crippen LogP contribution >= 0.6 is 0 Å². The van der Waals surface area contributed by atoms with Crippen molar-refractivity contribution in [1.29, 1.82) is 5.26 Å². The van der Waals surface area contributed by atoms with Crippen LogP contribution in [0.3, 0.4) is 0 Å². The highest BCUT2D eigenvalue weighted by atomic mass is 16.5. The van der Waals surface area contributed by atoms with E-state index in [-0.39, 0.29) is 11.5 Å². The van der Waals surface area contributed by atoms with E-state index in [2.05, 4.69) is 0 Å². The Labute approximate surface area is 153 Å². The van der Waals surface area contributed by atoms with Crippen molar-refractivity contribution in [3.8, 4) is 6.07 Å². The van der Waals surface area contributed by atoms with E-state index in [1.54, 1.807) is 56.6 Å². The second-order valence-electron chi connectivity index (χ2n) is 6.01. The number of benzene rings is 2. The zero-order chi connectivity index (χ0) is 19.1. The van der Waals surface area contributed by atoms with Gasteiger partial charge in [0, 0.05) is 19.7 Å². The van der Waals surface area contributed by atoms with Crippen molar-refractivity contribution in [1.82, 2.24) is 4.90 Å². The van der Waals surface area contributed by atoms with Crippen LogP contribution in [0, 0.1) is 18.3 Å². The minimum Gasteiger partial charge on any atom is -0.443 e. The number of aryl methyl sites for hydroxylation is 1. The van der Waals surface area contributed by atoms with E-state index in [4.69, 9.17) is 4.74 Å². The smallest absolute Gasteiger partial charge is 0.350 e. The number of esters is 1. The number of ether oxygens (including phenoxy) is 1. The SMILES string of the molecule is Cc1ccc(/C=C(\C#N)C(=O)O[C@@H](C(=O)N(C)C)c2ccccc2)cc1. The maximum Gasteiger partial charge on any atom is 0.350 e. The first-order valence-corrected chi connectivity index (χ1v) is 8.08. The van der Waals surface area contributed by atoms with Gasteiger partial charge in [0.2, 0.25) is 6.10 Å². The summed E-state index contributed by atoms with van der Waals surface area (Å²) in [4.78, 5) is 26.3. The predicted octanol–water partition coefficient (Wildman–Crippen LogP) is 3.27. The van der Waals surface area contributed by atoms with Gasteiger partial charge in [-0.2, -0.15) is 5.26 Å². The molecular weight excluding hydrogens is 328 g/mol. The van der Waals surface area contributed by atoms with Gasteiger partial charge in [0.15, 0.2) is 0 Å². The lowest BCUT2D eigenvalue weighted by molar-refractivity contribution is -0.156. The lowest BCUT2D eigenvalue weighted by Gasteiger charge is -2.21. The minimum atomic E-state index is -1.10. The van der Waals surface area contributed by atoms with Crippen LogP contribution in [-0.2, 0) is 14.3 Å². The first-order valence-electron chi connectivity index (χ1n) is 8.08. The lowest BCUT2D eigenvalue weighted by Crippen LogP contribution is -2.31. The molecule has 0 radical (unpaired) electrons. The summed E-state index contributed by atoms with van der Waals surface area (Å²) in [7, 11) is 3.17. The summed E-state index contributed by atoms with van der Waals surface area (Å²) in [6.45, 7) is 1.95. The van der Waals surface area contributed by atoms with Crippen LogP contribution in [0.5, 0.6) is 0 Å². The first-order chi connectivity index (χ1) is 12.4. The summed E-state index contributed by atoms with van der Waals surface area (Å²) in [5, 5.41) is 9.33. The van der Waals surface area contributed by atoms with Crippen molar-refractivity contribution >= 4 is 18.0 Å². The molecule has 0 unspecified atom stereocenters. The molecule has 0 heterocycles. The third-order valence-electron chi connectivity index (χ3n) is 3.72. The van der Waals surface area contributed by atoms with Gasteiger partial charge in [-0.3, -0.25) is 4.79 Å². The monoisotopic (exact) mass is 348 g/mol. The molecule has 0 aliphatic rings. The van der Waals surface area contributed by atoms with E-state index in [9.17, 15) is 14.9 Å². The summed E-state index contributed by atoms with van der Waals surface area (Å²) in [6, 6.07) is 18.0. The van der Waals surface area contributed by atoms with Gasteiger partial charge in [-0.05, 0) is 18.6 Å². The number of nitrogens with zero attached hydrogens (tertiary/aromatic N) is 2. The molecule has 5 nitrogen and oxygen atoms in total. The van der Waals surface area contributed by atoms with E-state index in [0.717, 1.165) is 5.56 Å². The van der Waals surface area contributed by atoms with Crippen molar-refractivity contribution < 1.29 is 14.3 Å². The Balaban J connectivity index is 2.28. The van der Waals surface area contributed by atoms with Crippen LogP contribution in [0.2, 0.25) is 0 Å². The molecule has 0 N–H and O–H groups in total. The third-order valence-corrected chi connectivity index (χ3v) is 3.72. The average molecular weight is 348 g/mol. The molecule has 0 fully saturated rings. The van der Waals surface area contributed by atoms with Crippen LogP contribution < -0.4 is 0 Å². The van der Waals surface area contributed by atoms with Crippen LogP contribution in [0.15, 0.2) is 60.2 Å². The molecular formula is C21H20N2O3. The van der Waals surface area contributed by atoms with Gasteiger partial charge in [-0.25, -0.2) is 4.79 Å². The number of hydrogen-bond acceptors (Lipinski definition) is 4. The van der Waals surface area contributed by atoms with E-state index in [1.165, 1.54) is 11.0 Å². The number of amides is 1. The maximum atomic E-state index is 12.5. The lowest BCUT2D eigenvalue weighted by atomic mass is 10.1. The number of rotatable bonds is 5. The van der Waals surface area contributed by atoms with Crippen LogP contribution in [0.4, 0.5) is 0 Å². The number of carbonyl (C=O) groups excluding carboxylic acids is 2. The van der Waals surface area contributed by atoms with Gasteiger partial charge in [0.05, 0.1) is 0 Å². The number of hydrogen-bond donors (Lipinski definition) is 0. The molecule has 26 heavy (non-hydrogen) atoms. The van der Waals surface area contributed by atoms with Crippen LogP contribution in [0.25, 0.3) is 6.08 Å². The van der Waals surface area contributed by atoms with Gasteiger partial charge in [-0.1, -0.05) is 60.2 Å². The van der Waals surface area contributed by atoms with Crippen molar-refractivity contribution in [3.05, 3.63) is 76.9 Å². The number of nitriles is 1. The van der Waals surface area contributed by atoms with Crippen LogP contribution in [-0.4, -0.2) is 30.9 Å². The van der Waals surface area contributed by atoms with Gasteiger partial charge in [0.1, 0.15) is 11.6 Å². The van der Waals surface area contributed by atoms with Gasteiger partial charge >= 0.3 is 5.97 Å². The zero-order valence-electron chi connectivity index (χ0n) is 15.0. The first kappa shape index (κ1) is 18.9. The average Bonchev–Trinajstić information content (AvgIpc) is 2.65. The Morgan fingerprint density at radius 2 is 1.69 bits per heavy atom. The van der Waals surface area contributed by atoms with Gasteiger partial charge in [-0.15, -0.1) is 0 Å². The zero-order valence-corrected chi connectivity index (χ0v) is 15.0. The topological polar surface area (TPSA) is 70.4 Å². The van der Waals surface area contributed by atoms with Crippen molar-refractivity contribution in [2.24, 2.45) is 0 Å². The fourth-order valence-electron chi connectivity index (χ4n) is 2.26. The Hall–Kier alpha value is -3.39. The fourth-order valence-corrected chi connectivity index (χ4v) is 2.26. The minimum absolute atomic E-state index is 0.165. The second kappa shape index (κ2) is 8.63. The summed E-state index contributed by atoms with van der Waals surface area (Å²) in [5.41, 5.74) is 2.16. The molecule has 1 amide bonds. The molecule has 0 spiro atoms. The summed E-state index contributed by atoms with van der Waals surface area (Å²) in [5.74, 6) is -1.21. The molecule has 2 aromatic rings.